The van der Waals surface area contributed by atoms with E-state index in [-0.39, 0.29) is 19.0 Å². The monoisotopic (exact) mass is 294 g/mol. The normalized spacial score (nSPS) is 10.7. The van der Waals surface area contributed by atoms with Crippen LogP contribution in [0, 0.1) is 0 Å². The molecule has 0 atom stereocenters. The first-order chi connectivity index (χ1) is 9.11. The molecule has 1 aromatic rings. The summed E-state index contributed by atoms with van der Waals surface area (Å²) in [5, 5.41) is 5.48. The topological polar surface area (TPSA) is 60.5 Å². The molecule has 0 unspecified atom stereocenters. The zero-order valence-electron chi connectivity index (χ0n) is 10.5. The van der Waals surface area contributed by atoms with Gasteiger partial charge in [0.15, 0.2) is 5.13 Å². The number of carbonyl (C=O) groups is 1. The number of aryl methyl sites for hydroxylation is 1. The van der Waals surface area contributed by atoms with Crippen molar-refractivity contribution in [3.8, 4) is 0 Å². The Morgan fingerprint density at radius 1 is 1.58 bits per heavy atom. The minimum atomic E-state index is -2.44. The Bertz CT molecular complexity index is 388. The van der Waals surface area contributed by atoms with Crippen molar-refractivity contribution < 1.29 is 23.0 Å². The molecule has 0 saturated heterocycles. The maximum absolute atomic E-state index is 11.8. The molecular weight excluding hydrogens is 278 g/mol. The Morgan fingerprint density at radius 2 is 2.37 bits per heavy atom. The minimum Gasteiger partial charge on any atom is -0.469 e. The third-order valence-corrected chi connectivity index (χ3v) is 2.98. The fourth-order valence-corrected chi connectivity index (χ4v) is 2.01. The Labute approximate surface area is 113 Å². The number of esters is 1. The van der Waals surface area contributed by atoms with E-state index in [1.165, 1.54) is 18.4 Å². The average molecular weight is 294 g/mol. The highest BCUT2D eigenvalue weighted by atomic mass is 32.1. The Balaban J connectivity index is 2.18. The Hall–Kier alpha value is -1.28. The summed E-state index contributed by atoms with van der Waals surface area (Å²) < 4.78 is 32.8. The fraction of sp³-hybridized carbons (Fsp3) is 0.636. The second kappa shape index (κ2) is 8.76. The average Bonchev–Trinajstić information content (AvgIpc) is 2.83. The van der Waals surface area contributed by atoms with Gasteiger partial charge in [-0.15, -0.1) is 11.3 Å². The SMILES string of the molecule is COC(=O)CCc1csc(NCCOCC(F)F)n1. The molecule has 0 bridgehead atoms. The van der Waals surface area contributed by atoms with E-state index >= 15 is 0 Å². The van der Waals surface area contributed by atoms with E-state index < -0.39 is 13.0 Å². The second-order valence-corrected chi connectivity index (χ2v) is 4.47. The van der Waals surface area contributed by atoms with E-state index in [9.17, 15) is 13.6 Å². The van der Waals surface area contributed by atoms with Gasteiger partial charge in [0.2, 0.25) is 0 Å². The molecule has 108 valence electrons. The number of alkyl halides is 2. The van der Waals surface area contributed by atoms with Gasteiger partial charge in [0, 0.05) is 18.3 Å². The molecule has 0 aromatic carbocycles. The molecule has 0 saturated carbocycles. The van der Waals surface area contributed by atoms with E-state index in [0.29, 0.717) is 18.1 Å². The quantitative estimate of drug-likeness (QED) is 0.557. The number of ether oxygens (including phenoxy) is 2. The molecule has 8 heteroatoms. The summed E-state index contributed by atoms with van der Waals surface area (Å²) in [6, 6.07) is 0. The van der Waals surface area contributed by atoms with Crippen molar-refractivity contribution in [1.29, 1.82) is 0 Å². The molecule has 0 radical (unpaired) electrons. The maximum atomic E-state index is 11.8. The van der Waals surface area contributed by atoms with Crippen LogP contribution in [-0.4, -0.2) is 44.2 Å². The first kappa shape index (κ1) is 15.8. The largest absolute Gasteiger partial charge is 0.469 e. The third-order valence-electron chi connectivity index (χ3n) is 2.13. The van der Waals surface area contributed by atoms with Gasteiger partial charge in [-0.1, -0.05) is 0 Å². The molecule has 0 spiro atoms. The van der Waals surface area contributed by atoms with Crippen molar-refractivity contribution in [2.45, 2.75) is 19.3 Å². The van der Waals surface area contributed by atoms with Crippen LogP contribution in [0.3, 0.4) is 0 Å². The standard InChI is InChI=1S/C11H16F2N2O3S/c1-17-10(16)3-2-8-7-19-11(15-8)14-4-5-18-6-9(12)13/h7,9H,2-6H2,1H3,(H,14,15). The van der Waals surface area contributed by atoms with Crippen LogP contribution < -0.4 is 5.32 Å². The van der Waals surface area contributed by atoms with Gasteiger partial charge in [-0.05, 0) is 0 Å². The van der Waals surface area contributed by atoms with Crippen LogP contribution in [0.15, 0.2) is 5.38 Å². The molecule has 1 N–H and O–H groups in total. The number of aromatic nitrogens is 1. The van der Waals surface area contributed by atoms with Crippen molar-refractivity contribution in [2.24, 2.45) is 0 Å². The fourth-order valence-electron chi connectivity index (χ4n) is 1.24. The molecule has 0 fully saturated rings. The van der Waals surface area contributed by atoms with Gasteiger partial charge in [0.1, 0.15) is 6.61 Å². The smallest absolute Gasteiger partial charge is 0.305 e. The molecule has 5 nitrogen and oxygen atoms in total. The predicted molar refractivity (Wildman–Crippen MR) is 67.8 cm³/mol. The highest BCUT2D eigenvalue weighted by molar-refractivity contribution is 7.13. The van der Waals surface area contributed by atoms with Crippen molar-refractivity contribution in [3.63, 3.8) is 0 Å². The van der Waals surface area contributed by atoms with Crippen LogP contribution in [0.1, 0.15) is 12.1 Å². The highest BCUT2D eigenvalue weighted by Crippen LogP contribution is 2.16. The Morgan fingerprint density at radius 3 is 3.05 bits per heavy atom. The summed E-state index contributed by atoms with van der Waals surface area (Å²) in [6.45, 7) is 0.0576. The van der Waals surface area contributed by atoms with E-state index in [1.54, 1.807) is 0 Å². The number of nitrogens with zero attached hydrogens (tertiary/aromatic N) is 1. The van der Waals surface area contributed by atoms with Crippen molar-refractivity contribution in [2.75, 3.05) is 32.2 Å². The van der Waals surface area contributed by atoms with Crippen molar-refractivity contribution in [1.82, 2.24) is 4.98 Å². The highest BCUT2D eigenvalue weighted by Gasteiger charge is 2.06. The lowest BCUT2D eigenvalue weighted by atomic mass is 10.2. The number of nitrogens with one attached hydrogen (secondary N) is 1. The molecule has 0 aliphatic heterocycles. The van der Waals surface area contributed by atoms with Crippen LogP contribution in [-0.2, 0) is 20.7 Å². The number of hydrogen-bond acceptors (Lipinski definition) is 6. The molecule has 0 aliphatic carbocycles. The maximum Gasteiger partial charge on any atom is 0.305 e. The number of carbonyl (C=O) groups excluding carboxylic acids is 1. The second-order valence-electron chi connectivity index (χ2n) is 3.61. The van der Waals surface area contributed by atoms with Gasteiger partial charge in [-0.25, -0.2) is 13.8 Å². The molecule has 1 heterocycles. The van der Waals surface area contributed by atoms with Crippen LogP contribution >= 0.6 is 11.3 Å². The number of methoxy groups -OCH3 is 1. The number of thiazole rings is 1. The van der Waals surface area contributed by atoms with Crippen LogP contribution in [0.2, 0.25) is 0 Å². The van der Waals surface area contributed by atoms with E-state index in [2.05, 4.69) is 15.0 Å². The van der Waals surface area contributed by atoms with Gasteiger partial charge in [-0.2, -0.15) is 0 Å². The van der Waals surface area contributed by atoms with Gasteiger partial charge < -0.3 is 14.8 Å². The molecule has 19 heavy (non-hydrogen) atoms. The van der Waals surface area contributed by atoms with Gasteiger partial charge in [0.25, 0.3) is 6.43 Å². The van der Waals surface area contributed by atoms with E-state index in [0.717, 1.165) is 5.69 Å². The lowest BCUT2D eigenvalue weighted by Gasteiger charge is -2.03. The molecular formula is C11H16F2N2O3S. The number of rotatable bonds is 9. The summed E-state index contributed by atoms with van der Waals surface area (Å²) in [5.74, 6) is -0.275. The minimum absolute atomic E-state index is 0.196. The first-order valence-corrected chi connectivity index (χ1v) is 6.60. The van der Waals surface area contributed by atoms with Gasteiger partial charge >= 0.3 is 5.97 Å². The van der Waals surface area contributed by atoms with E-state index in [4.69, 9.17) is 4.74 Å². The lowest BCUT2D eigenvalue weighted by Crippen LogP contribution is -2.13. The van der Waals surface area contributed by atoms with Crippen LogP contribution in [0.5, 0.6) is 0 Å². The Kier molecular flexibility index (Phi) is 7.27. The van der Waals surface area contributed by atoms with Crippen LogP contribution in [0.4, 0.5) is 13.9 Å². The molecule has 1 aromatic heterocycles. The van der Waals surface area contributed by atoms with Gasteiger partial charge in [0.05, 0.1) is 25.8 Å². The summed E-state index contributed by atoms with van der Waals surface area (Å²) in [6.07, 6.45) is -1.63. The third kappa shape index (κ3) is 7.02. The zero-order chi connectivity index (χ0) is 14.1. The lowest BCUT2D eigenvalue weighted by molar-refractivity contribution is -0.140. The number of anilines is 1. The summed E-state index contributed by atoms with van der Waals surface area (Å²) in [7, 11) is 1.34. The van der Waals surface area contributed by atoms with Crippen LogP contribution in [0.25, 0.3) is 0 Å². The summed E-state index contributed by atoms with van der Waals surface area (Å²) in [4.78, 5) is 15.2. The number of hydrogen-bond donors (Lipinski definition) is 1. The zero-order valence-corrected chi connectivity index (χ0v) is 11.3. The molecule has 0 aliphatic rings. The summed E-state index contributed by atoms with van der Waals surface area (Å²) in [5.41, 5.74) is 0.798. The molecule has 0 amide bonds. The van der Waals surface area contributed by atoms with E-state index in [1.807, 2.05) is 5.38 Å². The van der Waals surface area contributed by atoms with Crippen molar-refractivity contribution >= 4 is 22.4 Å². The van der Waals surface area contributed by atoms with Gasteiger partial charge in [-0.3, -0.25) is 4.79 Å². The first-order valence-electron chi connectivity index (χ1n) is 5.72. The predicted octanol–water partition coefficient (Wildman–Crippen LogP) is 1.94. The number of halogens is 2. The summed E-state index contributed by atoms with van der Waals surface area (Å²) >= 11 is 1.40. The van der Waals surface area contributed by atoms with Crippen molar-refractivity contribution in [3.05, 3.63) is 11.1 Å². The molecule has 1 rings (SSSR count).